The number of aromatic nitrogens is 5. The van der Waals surface area contributed by atoms with E-state index in [2.05, 4.69) is 134 Å². The summed E-state index contributed by atoms with van der Waals surface area (Å²) >= 11 is 0. The van der Waals surface area contributed by atoms with Crippen molar-refractivity contribution in [1.82, 2.24) is 23.3 Å². The largest absolute Gasteiger partial charge is 2.00 e. The smallest absolute Gasteiger partial charge is 0.497 e. The van der Waals surface area contributed by atoms with E-state index < -0.39 is 0 Å². The molecule has 0 bridgehead atoms. The van der Waals surface area contributed by atoms with Crippen molar-refractivity contribution in [3.63, 3.8) is 0 Å². The maximum absolute atomic E-state index is 6.46. The number of fused-ring (bicyclic) bond motifs is 16. The molecule has 0 fully saturated rings. The molecule has 5 aromatic heterocycles. The Hall–Kier alpha value is -5.97. The third-order valence-corrected chi connectivity index (χ3v) is 9.60. The molecule has 0 unspecified atom stereocenters. The number of nitrogens with zero attached hydrogens (tertiary/aromatic N) is 5. The molecule has 0 aliphatic heterocycles. The molecule has 7 heteroatoms. The summed E-state index contributed by atoms with van der Waals surface area (Å²) in [6, 6.07) is 47.3. The van der Waals surface area contributed by atoms with Crippen LogP contribution in [0.5, 0.6) is 11.5 Å². The molecule has 0 saturated heterocycles. The molecule has 0 radical (unpaired) electrons. The monoisotopic (exact) mass is 808 g/mol. The number of hydrogen-bond donors (Lipinski definition) is 0. The number of hydrogen-bond acceptors (Lipinski definition) is 3. The molecule has 49 heavy (non-hydrogen) atoms. The van der Waals surface area contributed by atoms with Crippen LogP contribution >= 0.6 is 0 Å². The second-order valence-electron chi connectivity index (χ2n) is 12.1. The molecule has 5 heterocycles. The van der Waals surface area contributed by atoms with Crippen molar-refractivity contribution >= 4 is 76.5 Å². The topological polar surface area (TPSA) is 48.8 Å². The van der Waals surface area contributed by atoms with Crippen LogP contribution in [0.25, 0.3) is 82.1 Å². The van der Waals surface area contributed by atoms with Gasteiger partial charge in [-0.2, -0.15) is 0 Å². The maximum atomic E-state index is 6.46. The summed E-state index contributed by atoms with van der Waals surface area (Å²) in [6.45, 7) is 0. The number of benzene rings is 6. The number of imidazole rings is 2. The third kappa shape index (κ3) is 3.92. The molecule has 0 aliphatic carbocycles. The van der Waals surface area contributed by atoms with Crippen molar-refractivity contribution in [3.8, 4) is 17.2 Å². The van der Waals surface area contributed by atoms with Crippen molar-refractivity contribution in [1.29, 1.82) is 0 Å². The summed E-state index contributed by atoms with van der Waals surface area (Å²) in [6.07, 6.45) is 7.72. The van der Waals surface area contributed by atoms with E-state index in [0.29, 0.717) is 11.5 Å². The summed E-state index contributed by atoms with van der Waals surface area (Å²) in [5.74, 6) is 1.21. The Morgan fingerprint density at radius 2 is 1.08 bits per heavy atom. The van der Waals surface area contributed by atoms with E-state index >= 15 is 0 Å². The number of para-hydroxylation sites is 3. The standard InChI is InChI=1S/C42H23N5O.Pt/c1-2-8-26(9-3-1)47-37-13-7-5-11-33(37)39-38(47)19-18-32-30-17-15-28(25-35(30)42-44-21-23-46(42)40(32)39)48-27-14-16-29-31-10-4-6-12-36(31)45-22-20-43-41(45)34(29)24-27;/h1-23H;/q-2;+2. The number of rotatable bonds is 3. The molecule has 0 amide bonds. The van der Waals surface area contributed by atoms with Crippen molar-refractivity contribution in [2.24, 2.45) is 0 Å². The van der Waals surface area contributed by atoms with Gasteiger partial charge in [0.05, 0.1) is 22.3 Å². The minimum atomic E-state index is 0. The fourth-order valence-electron chi connectivity index (χ4n) is 7.62. The van der Waals surface area contributed by atoms with Gasteiger partial charge in [0.1, 0.15) is 0 Å². The van der Waals surface area contributed by atoms with Gasteiger partial charge in [0.2, 0.25) is 0 Å². The van der Waals surface area contributed by atoms with Gasteiger partial charge in [-0.1, -0.05) is 106 Å². The molecule has 0 saturated carbocycles. The zero-order valence-electron chi connectivity index (χ0n) is 25.7. The average Bonchev–Trinajstić information content (AvgIpc) is 3.90. The van der Waals surface area contributed by atoms with Crippen LogP contribution in [-0.2, 0) is 21.1 Å². The normalized spacial score (nSPS) is 11.9. The Kier molecular flexibility index (Phi) is 6.02. The molecule has 0 spiro atoms. The SMILES string of the molecule is [Pt+2].[c-]1c(Oc2[c-]c3c(cc2)c2ccc4c(c5ccccc5n4-c4ccccc4)c2n2ccnc32)ccc2c1c1nccn1c1ccccc21. The number of ether oxygens (including phenoxy) is 1. The molecule has 232 valence electrons. The van der Waals surface area contributed by atoms with Gasteiger partial charge in [0, 0.05) is 63.8 Å². The van der Waals surface area contributed by atoms with Crippen LogP contribution in [0, 0.1) is 12.1 Å². The van der Waals surface area contributed by atoms with Crippen LogP contribution in [-0.4, -0.2) is 23.3 Å². The predicted molar refractivity (Wildman–Crippen MR) is 192 cm³/mol. The zero-order chi connectivity index (χ0) is 31.3. The Balaban J connectivity index is 0.00000306. The summed E-state index contributed by atoms with van der Waals surface area (Å²) < 4.78 is 13.1. The van der Waals surface area contributed by atoms with Gasteiger partial charge in [-0.05, 0) is 41.1 Å². The predicted octanol–water partition coefficient (Wildman–Crippen LogP) is 10.1. The van der Waals surface area contributed by atoms with E-state index in [-0.39, 0.29) is 21.1 Å². The molecular weight excluding hydrogens is 786 g/mol. The van der Waals surface area contributed by atoms with E-state index in [9.17, 15) is 0 Å². The summed E-state index contributed by atoms with van der Waals surface area (Å²) in [5, 5.41) is 8.65. The van der Waals surface area contributed by atoms with E-state index in [4.69, 9.17) is 9.72 Å². The molecule has 0 N–H and O–H groups in total. The van der Waals surface area contributed by atoms with Crippen LogP contribution < -0.4 is 4.74 Å². The summed E-state index contributed by atoms with van der Waals surface area (Å²) in [4.78, 5) is 9.50. The summed E-state index contributed by atoms with van der Waals surface area (Å²) in [7, 11) is 0. The second kappa shape index (κ2) is 10.5. The number of pyridine rings is 2. The Morgan fingerprint density at radius 1 is 0.490 bits per heavy atom. The minimum Gasteiger partial charge on any atom is -0.497 e. The van der Waals surface area contributed by atoms with Gasteiger partial charge in [0.25, 0.3) is 0 Å². The van der Waals surface area contributed by atoms with Crippen LogP contribution in [0.4, 0.5) is 0 Å². The Labute approximate surface area is 293 Å². The van der Waals surface area contributed by atoms with Crippen molar-refractivity contribution in [2.45, 2.75) is 0 Å². The van der Waals surface area contributed by atoms with Crippen LogP contribution in [0.3, 0.4) is 0 Å². The van der Waals surface area contributed by atoms with Gasteiger partial charge in [-0.15, -0.1) is 12.1 Å². The van der Waals surface area contributed by atoms with E-state index in [0.717, 1.165) is 65.8 Å². The second-order valence-corrected chi connectivity index (χ2v) is 12.1. The first-order chi connectivity index (χ1) is 23.8. The fourth-order valence-corrected chi connectivity index (χ4v) is 7.62. The third-order valence-electron chi connectivity index (χ3n) is 9.60. The van der Waals surface area contributed by atoms with Crippen LogP contribution in [0.1, 0.15) is 0 Å². The quantitative estimate of drug-likeness (QED) is 0.132. The first kappa shape index (κ1) is 28.1. The van der Waals surface area contributed by atoms with Crippen molar-refractivity contribution in [3.05, 3.63) is 152 Å². The first-order valence-corrected chi connectivity index (χ1v) is 15.9. The molecule has 0 aliphatic rings. The van der Waals surface area contributed by atoms with Gasteiger partial charge < -0.3 is 18.1 Å². The van der Waals surface area contributed by atoms with Crippen molar-refractivity contribution in [2.75, 3.05) is 0 Å². The molecule has 11 rings (SSSR count). The molecule has 11 aromatic rings. The van der Waals surface area contributed by atoms with Crippen LogP contribution in [0.15, 0.2) is 140 Å². The summed E-state index contributed by atoms with van der Waals surface area (Å²) in [5.41, 5.74) is 7.37. The minimum absolute atomic E-state index is 0. The first-order valence-electron chi connectivity index (χ1n) is 15.9. The molecule has 0 atom stereocenters. The van der Waals surface area contributed by atoms with Crippen LogP contribution in [0.2, 0.25) is 0 Å². The molecular formula is C42H23N5OPt. The fraction of sp³-hybridized carbons (Fsp3) is 0. The van der Waals surface area contributed by atoms with E-state index in [1.807, 2.05) is 36.9 Å². The Morgan fingerprint density at radius 3 is 1.84 bits per heavy atom. The average molecular weight is 809 g/mol. The van der Waals surface area contributed by atoms with Gasteiger partial charge >= 0.3 is 21.1 Å². The molecule has 6 nitrogen and oxygen atoms in total. The van der Waals surface area contributed by atoms with Crippen molar-refractivity contribution < 1.29 is 25.8 Å². The van der Waals surface area contributed by atoms with E-state index in [1.165, 1.54) is 16.3 Å². The maximum Gasteiger partial charge on any atom is 2.00 e. The zero-order valence-corrected chi connectivity index (χ0v) is 28.0. The molecule has 6 aromatic carbocycles. The van der Waals surface area contributed by atoms with Gasteiger partial charge in [-0.25, -0.2) is 0 Å². The Bertz CT molecular complexity index is 3100. The van der Waals surface area contributed by atoms with E-state index in [1.54, 1.807) is 0 Å². The van der Waals surface area contributed by atoms with Gasteiger partial charge in [0.15, 0.2) is 0 Å². The van der Waals surface area contributed by atoms with Gasteiger partial charge in [-0.3, -0.25) is 9.97 Å².